The van der Waals surface area contributed by atoms with Crippen LogP contribution in [0, 0.1) is 6.92 Å². The Morgan fingerprint density at radius 3 is 2.58 bits per heavy atom. The van der Waals surface area contributed by atoms with E-state index in [0.717, 1.165) is 0 Å². The standard InChI is InChI=1S/C21H27N2O7PS2/c1-13-10-23(21(26)22-19(13)24)11-17(29-20(25)16-8-6-5-7-9-16)18(27-4)12-28-31(32)30-14(2)15(3)33-31/h5-10,14-15,17-18H,11-12H2,1-4H3,(H,22,24,26)/t14-,15+,17+,18-,31?/m1/s1. The third-order valence-electron chi connectivity index (χ3n) is 5.20. The van der Waals surface area contributed by atoms with Crippen LogP contribution in [0.4, 0.5) is 0 Å². The van der Waals surface area contributed by atoms with E-state index >= 15 is 0 Å². The number of carbonyl (C=O) groups excluding carboxylic acids is 1. The predicted octanol–water partition coefficient (Wildman–Crippen LogP) is 2.87. The number of carbonyl (C=O) groups is 1. The Morgan fingerprint density at radius 1 is 1.27 bits per heavy atom. The molecular formula is C21H27N2O7PS2. The van der Waals surface area contributed by atoms with Crippen LogP contribution in [0.25, 0.3) is 0 Å². The fourth-order valence-corrected chi connectivity index (χ4v) is 9.39. The van der Waals surface area contributed by atoms with Crippen LogP contribution in [-0.4, -0.2) is 52.8 Å². The number of aromatic amines is 1. The molecule has 0 spiro atoms. The van der Waals surface area contributed by atoms with Crippen LogP contribution >= 0.6 is 17.1 Å². The first-order valence-corrected chi connectivity index (χ1v) is 14.4. The minimum Gasteiger partial charge on any atom is -0.454 e. The molecule has 3 rings (SSSR count). The van der Waals surface area contributed by atoms with Crippen LogP contribution in [0.15, 0.2) is 46.1 Å². The highest BCUT2D eigenvalue weighted by Gasteiger charge is 2.38. The van der Waals surface area contributed by atoms with Gasteiger partial charge >= 0.3 is 11.7 Å². The van der Waals surface area contributed by atoms with Gasteiger partial charge in [-0.15, -0.1) is 0 Å². The zero-order valence-electron chi connectivity index (χ0n) is 18.8. The molecule has 1 aliphatic heterocycles. The van der Waals surface area contributed by atoms with Gasteiger partial charge in [-0.25, -0.2) is 9.59 Å². The van der Waals surface area contributed by atoms with Crippen LogP contribution in [0.5, 0.6) is 0 Å². The van der Waals surface area contributed by atoms with Crippen LogP contribution in [0.1, 0.15) is 29.8 Å². The molecule has 0 amide bonds. The molecule has 0 saturated carbocycles. The molecule has 1 aliphatic rings. The molecule has 0 radical (unpaired) electrons. The summed E-state index contributed by atoms with van der Waals surface area (Å²) < 4.78 is 24.4. The third-order valence-corrected chi connectivity index (χ3v) is 10.9. The fraction of sp³-hybridized carbons (Fsp3) is 0.476. The quantitative estimate of drug-likeness (QED) is 0.399. The van der Waals surface area contributed by atoms with Gasteiger partial charge in [0.15, 0.2) is 0 Å². The van der Waals surface area contributed by atoms with Crippen LogP contribution in [0.3, 0.4) is 0 Å². The Bertz CT molecular complexity index is 1120. The molecule has 5 atom stereocenters. The second kappa shape index (κ2) is 11.1. The Hall–Kier alpha value is -1.75. The highest BCUT2D eigenvalue weighted by atomic mass is 32.9. The van der Waals surface area contributed by atoms with E-state index < -0.39 is 35.1 Å². The second-order valence-corrected chi connectivity index (χ2v) is 14.2. The number of nitrogens with one attached hydrogen (secondary N) is 1. The summed E-state index contributed by atoms with van der Waals surface area (Å²) >= 11 is 7.08. The van der Waals surface area contributed by atoms with Crippen molar-refractivity contribution in [3.8, 4) is 0 Å². The topological polar surface area (TPSA) is 109 Å². The predicted molar refractivity (Wildman–Crippen MR) is 130 cm³/mol. The number of methoxy groups -OCH3 is 1. The first-order chi connectivity index (χ1) is 15.6. The van der Waals surface area contributed by atoms with Crippen molar-refractivity contribution < 1.29 is 23.3 Å². The summed E-state index contributed by atoms with van der Waals surface area (Å²) in [7, 11) is 1.46. The molecular weight excluding hydrogens is 487 g/mol. The number of nitrogens with zero attached hydrogens (tertiary/aromatic N) is 1. The lowest BCUT2D eigenvalue weighted by molar-refractivity contribution is -0.0578. The average molecular weight is 515 g/mol. The molecule has 1 aromatic carbocycles. The van der Waals surface area contributed by atoms with Crippen molar-refractivity contribution in [3.63, 3.8) is 0 Å². The maximum atomic E-state index is 12.8. The van der Waals surface area contributed by atoms with E-state index in [-0.39, 0.29) is 24.5 Å². The fourth-order valence-electron chi connectivity index (χ4n) is 3.11. The number of benzene rings is 1. The molecule has 33 heavy (non-hydrogen) atoms. The lowest BCUT2D eigenvalue weighted by Gasteiger charge is -2.28. The normalized spacial score (nSPS) is 24.4. The van der Waals surface area contributed by atoms with E-state index in [1.165, 1.54) is 29.3 Å². The largest absolute Gasteiger partial charge is 0.454 e. The monoisotopic (exact) mass is 514 g/mol. The Labute approximate surface area is 200 Å². The maximum absolute atomic E-state index is 12.8. The molecule has 9 nitrogen and oxygen atoms in total. The van der Waals surface area contributed by atoms with E-state index in [9.17, 15) is 14.4 Å². The number of aryl methyl sites for hydroxylation is 1. The molecule has 0 aliphatic carbocycles. The van der Waals surface area contributed by atoms with Gasteiger partial charge in [-0.2, -0.15) is 0 Å². The van der Waals surface area contributed by atoms with Gasteiger partial charge in [-0.3, -0.25) is 14.3 Å². The molecule has 0 bridgehead atoms. The van der Waals surface area contributed by atoms with Gasteiger partial charge in [0.2, 0.25) is 5.69 Å². The SMILES string of the molecule is CO[C@H](COP1(=S)O[C@H](C)[C@H](C)S1)[C@H](Cn1cc(C)c(=O)[nH]c1=O)OC(=O)c1ccccc1. The molecule has 12 heteroatoms. The molecule has 1 aromatic heterocycles. The number of aromatic nitrogens is 2. The summed E-state index contributed by atoms with van der Waals surface area (Å²) in [4.78, 5) is 39.1. The Kier molecular flexibility index (Phi) is 8.71. The number of esters is 1. The van der Waals surface area contributed by atoms with Crippen molar-refractivity contribution in [2.45, 2.75) is 50.9 Å². The number of ether oxygens (including phenoxy) is 2. The molecule has 2 heterocycles. The number of H-pyrrole nitrogens is 1. The van der Waals surface area contributed by atoms with Crippen molar-refractivity contribution in [1.82, 2.24) is 9.55 Å². The highest BCUT2D eigenvalue weighted by Crippen LogP contribution is 2.69. The summed E-state index contributed by atoms with van der Waals surface area (Å²) in [5.74, 6) is -0.575. The summed E-state index contributed by atoms with van der Waals surface area (Å²) in [6.45, 7) is 5.50. The van der Waals surface area contributed by atoms with Gasteiger partial charge in [0.1, 0.15) is 12.2 Å². The van der Waals surface area contributed by atoms with Gasteiger partial charge < -0.3 is 18.5 Å². The van der Waals surface area contributed by atoms with E-state index in [0.29, 0.717) is 11.1 Å². The number of hydrogen-bond donors (Lipinski definition) is 1. The van der Waals surface area contributed by atoms with Gasteiger partial charge in [0, 0.05) is 24.1 Å². The highest BCUT2D eigenvalue weighted by molar-refractivity contribution is 8.68. The molecule has 1 saturated heterocycles. The van der Waals surface area contributed by atoms with Crippen molar-refractivity contribution in [1.29, 1.82) is 0 Å². The van der Waals surface area contributed by atoms with Crippen molar-refractivity contribution in [3.05, 3.63) is 68.5 Å². The molecule has 180 valence electrons. The second-order valence-electron chi connectivity index (χ2n) is 7.67. The first-order valence-electron chi connectivity index (χ1n) is 10.3. The first kappa shape index (κ1) is 25.9. The number of rotatable bonds is 9. The molecule has 1 fully saturated rings. The van der Waals surface area contributed by atoms with E-state index in [1.54, 1.807) is 37.3 Å². The summed E-state index contributed by atoms with van der Waals surface area (Å²) in [5, 5.41) is 0.200. The van der Waals surface area contributed by atoms with Crippen LogP contribution in [0.2, 0.25) is 0 Å². The van der Waals surface area contributed by atoms with Gasteiger partial charge in [-0.05, 0) is 37.8 Å². The lowest BCUT2D eigenvalue weighted by atomic mass is 10.2. The molecule has 1 unspecified atom stereocenters. The zero-order valence-corrected chi connectivity index (χ0v) is 21.3. The average Bonchev–Trinajstić information content (AvgIpc) is 3.04. The lowest BCUT2D eigenvalue weighted by Crippen LogP contribution is -2.42. The summed E-state index contributed by atoms with van der Waals surface area (Å²) in [6.07, 6.45) is -0.267. The smallest absolute Gasteiger partial charge is 0.338 e. The van der Waals surface area contributed by atoms with Gasteiger partial charge in [-0.1, -0.05) is 36.5 Å². The minimum absolute atomic E-state index is 0.00401. The Morgan fingerprint density at radius 2 is 1.97 bits per heavy atom. The molecule has 1 N–H and O–H groups in total. The van der Waals surface area contributed by atoms with Gasteiger partial charge in [0.05, 0.1) is 24.8 Å². The van der Waals surface area contributed by atoms with Crippen LogP contribution < -0.4 is 11.2 Å². The van der Waals surface area contributed by atoms with Crippen molar-refractivity contribution >= 4 is 34.9 Å². The minimum atomic E-state index is -2.57. The Balaban J connectivity index is 1.83. The van der Waals surface area contributed by atoms with E-state index in [1.807, 2.05) is 13.8 Å². The van der Waals surface area contributed by atoms with E-state index in [4.69, 9.17) is 30.3 Å². The summed E-state index contributed by atoms with van der Waals surface area (Å²) in [5.41, 5.74) is -2.96. The number of hydrogen-bond acceptors (Lipinski definition) is 9. The van der Waals surface area contributed by atoms with Crippen LogP contribution in [-0.2, 0) is 36.9 Å². The van der Waals surface area contributed by atoms with Crippen molar-refractivity contribution in [2.75, 3.05) is 13.7 Å². The summed E-state index contributed by atoms with van der Waals surface area (Å²) in [6, 6.07) is 8.49. The zero-order chi connectivity index (χ0) is 24.2. The van der Waals surface area contributed by atoms with E-state index in [2.05, 4.69) is 4.98 Å². The van der Waals surface area contributed by atoms with Crippen molar-refractivity contribution in [2.24, 2.45) is 0 Å². The maximum Gasteiger partial charge on any atom is 0.338 e. The third kappa shape index (κ3) is 6.65. The molecule has 2 aromatic rings. The van der Waals surface area contributed by atoms with Gasteiger partial charge in [0.25, 0.3) is 5.56 Å².